The third kappa shape index (κ3) is 3.67. The van der Waals surface area contributed by atoms with E-state index in [0.29, 0.717) is 18.2 Å². The summed E-state index contributed by atoms with van der Waals surface area (Å²) in [6.45, 7) is 7.79. The molecule has 2 rings (SSSR count). The van der Waals surface area contributed by atoms with Crippen LogP contribution in [0, 0.1) is 5.82 Å². The van der Waals surface area contributed by atoms with E-state index in [9.17, 15) is 4.39 Å². The second-order valence-corrected chi connectivity index (χ2v) is 5.34. The fourth-order valence-corrected chi connectivity index (χ4v) is 2.08. The summed E-state index contributed by atoms with van der Waals surface area (Å²) >= 11 is 0. The summed E-state index contributed by atoms with van der Waals surface area (Å²) < 4.78 is 16.0. The second kappa shape index (κ2) is 6.66. The molecule has 0 amide bonds. The van der Waals surface area contributed by atoms with Gasteiger partial charge in [0.1, 0.15) is 5.82 Å². The highest BCUT2D eigenvalue weighted by molar-refractivity contribution is 5.62. The third-order valence-corrected chi connectivity index (χ3v) is 3.14. The molecular weight excluding hydrogens is 253 g/mol. The predicted octanol–water partition coefficient (Wildman–Crippen LogP) is 3.60. The van der Waals surface area contributed by atoms with Crippen molar-refractivity contribution in [2.75, 3.05) is 0 Å². The zero-order valence-corrected chi connectivity index (χ0v) is 12.4. The van der Waals surface area contributed by atoms with Crippen LogP contribution in [-0.2, 0) is 13.1 Å². The molecule has 108 valence electrons. The lowest BCUT2D eigenvalue weighted by atomic mass is 10.1. The average molecular weight is 275 g/mol. The van der Waals surface area contributed by atoms with Gasteiger partial charge in [-0.3, -0.25) is 4.68 Å². The third-order valence-electron chi connectivity index (χ3n) is 3.14. The lowest BCUT2D eigenvalue weighted by Gasteiger charge is -2.09. The van der Waals surface area contributed by atoms with Gasteiger partial charge in [0.25, 0.3) is 0 Å². The Labute approximate surface area is 119 Å². The van der Waals surface area contributed by atoms with E-state index >= 15 is 0 Å². The monoisotopic (exact) mass is 275 g/mol. The number of aromatic nitrogens is 2. The van der Waals surface area contributed by atoms with E-state index in [-0.39, 0.29) is 5.82 Å². The molecule has 0 bridgehead atoms. The van der Waals surface area contributed by atoms with Crippen LogP contribution in [-0.4, -0.2) is 15.8 Å². The zero-order chi connectivity index (χ0) is 14.5. The Morgan fingerprint density at radius 2 is 2.15 bits per heavy atom. The Hall–Kier alpha value is -1.68. The van der Waals surface area contributed by atoms with Gasteiger partial charge in [-0.15, -0.1) is 0 Å². The average Bonchev–Trinajstić information content (AvgIpc) is 2.85. The molecule has 20 heavy (non-hydrogen) atoms. The molecule has 0 aliphatic carbocycles. The summed E-state index contributed by atoms with van der Waals surface area (Å²) in [6.07, 6.45) is 4.64. The minimum Gasteiger partial charge on any atom is -0.310 e. The number of benzene rings is 1. The number of hydrogen-bond acceptors (Lipinski definition) is 2. The molecule has 3 nitrogen and oxygen atoms in total. The van der Waals surface area contributed by atoms with Crippen LogP contribution in [0.3, 0.4) is 0 Å². The van der Waals surface area contributed by atoms with E-state index in [0.717, 1.165) is 24.1 Å². The van der Waals surface area contributed by atoms with Crippen molar-refractivity contribution < 1.29 is 4.39 Å². The summed E-state index contributed by atoms with van der Waals surface area (Å²) in [5.41, 5.74) is 2.40. The fraction of sp³-hybridized carbons (Fsp3) is 0.438. The van der Waals surface area contributed by atoms with E-state index in [1.807, 2.05) is 23.0 Å². The first-order chi connectivity index (χ1) is 9.60. The number of nitrogens with one attached hydrogen (secondary N) is 1. The molecule has 0 unspecified atom stereocenters. The second-order valence-electron chi connectivity index (χ2n) is 5.34. The first-order valence-electron chi connectivity index (χ1n) is 7.14. The Kier molecular flexibility index (Phi) is 4.90. The molecule has 1 aromatic carbocycles. The molecule has 0 saturated heterocycles. The van der Waals surface area contributed by atoms with Crippen molar-refractivity contribution in [3.63, 3.8) is 0 Å². The maximum atomic E-state index is 14.2. The number of hydrogen-bond donors (Lipinski definition) is 1. The minimum atomic E-state index is -0.191. The van der Waals surface area contributed by atoms with Gasteiger partial charge >= 0.3 is 0 Å². The van der Waals surface area contributed by atoms with Crippen LogP contribution in [0.5, 0.6) is 0 Å². The topological polar surface area (TPSA) is 29.9 Å². The minimum absolute atomic E-state index is 0.191. The summed E-state index contributed by atoms with van der Waals surface area (Å²) in [5.74, 6) is -0.191. The van der Waals surface area contributed by atoms with Crippen LogP contribution >= 0.6 is 0 Å². The highest BCUT2D eigenvalue weighted by Gasteiger charge is 2.08. The molecule has 0 spiro atoms. The molecule has 0 atom stereocenters. The van der Waals surface area contributed by atoms with Crippen LogP contribution in [0.15, 0.2) is 30.6 Å². The summed E-state index contributed by atoms with van der Waals surface area (Å²) in [6, 6.07) is 5.79. The fourth-order valence-electron chi connectivity index (χ4n) is 2.08. The lowest BCUT2D eigenvalue weighted by Crippen LogP contribution is -2.21. The molecule has 0 aliphatic heterocycles. The lowest BCUT2D eigenvalue weighted by molar-refractivity contribution is 0.582. The van der Waals surface area contributed by atoms with Gasteiger partial charge in [0.2, 0.25) is 0 Å². The molecule has 0 radical (unpaired) electrons. The van der Waals surface area contributed by atoms with E-state index in [4.69, 9.17) is 0 Å². The van der Waals surface area contributed by atoms with Crippen molar-refractivity contribution >= 4 is 0 Å². The standard InChI is InChI=1S/C16H22FN3/c1-4-7-20-11-14(10-19-20)15-6-5-13(8-16(15)17)9-18-12(2)3/h5-6,8,10-12,18H,4,7,9H2,1-3H3. The van der Waals surface area contributed by atoms with Crippen LogP contribution in [0.1, 0.15) is 32.8 Å². The normalized spacial score (nSPS) is 11.2. The van der Waals surface area contributed by atoms with E-state index < -0.39 is 0 Å². The number of rotatable bonds is 6. The van der Waals surface area contributed by atoms with Crippen LogP contribution in [0.25, 0.3) is 11.1 Å². The molecule has 0 aliphatic rings. The smallest absolute Gasteiger partial charge is 0.131 e. The molecule has 0 saturated carbocycles. The first-order valence-corrected chi connectivity index (χ1v) is 7.14. The maximum absolute atomic E-state index is 14.2. The van der Waals surface area contributed by atoms with Gasteiger partial charge in [-0.25, -0.2) is 4.39 Å². The molecular formula is C16H22FN3. The zero-order valence-electron chi connectivity index (χ0n) is 12.4. The molecule has 1 heterocycles. The Bertz CT molecular complexity index is 561. The quantitative estimate of drug-likeness (QED) is 0.873. The van der Waals surface area contributed by atoms with E-state index in [1.165, 1.54) is 0 Å². The van der Waals surface area contributed by atoms with Gasteiger partial charge < -0.3 is 5.32 Å². The Balaban J connectivity index is 2.15. The highest BCUT2D eigenvalue weighted by Crippen LogP contribution is 2.23. The Morgan fingerprint density at radius 1 is 1.35 bits per heavy atom. The SMILES string of the molecule is CCCn1cc(-c2ccc(CNC(C)C)cc2F)cn1. The summed E-state index contributed by atoms with van der Waals surface area (Å²) in [4.78, 5) is 0. The summed E-state index contributed by atoms with van der Waals surface area (Å²) in [7, 11) is 0. The van der Waals surface area contributed by atoms with Gasteiger partial charge in [0.05, 0.1) is 6.20 Å². The largest absolute Gasteiger partial charge is 0.310 e. The van der Waals surface area contributed by atoms with Gasteiger partial charge in [0.15, 0.2) is 0 Å². The highest BCUT2D eigenvalue weighted by atomic mass is 19.1. The molecule has 1 N–H and O–H groups in total. The van der Waals surface area contributed by atoms with Gasteiger partial charge in [-0.05, 0) is 18.1 Å². The van der Waals surface area contributed by atoms with Crippen molar-refractivity contribution in [3.05, 3.63) is 42.0 Å². The molecule has 4 heteroatoms. The van der Waals surface area contributed by atoms with Crippen molar-refractivity contribution in [3.8, 4) is 11.1 Å². The predicted molar refractivity (Wildman–Crippen MR) is 79.9 cm³/mol. The van der Waals surface area contributed by atoms with Crippen molar-refractivity contribution in [2.45, 2.75) is 46.3 Å². The van der Waals surface area contributed by atoms with Crippen LogP contribution in [0.4, 0.5) is 4.39 Å². The summed E-state index contributed by atoms with van der Waals surface area (Å²) in [5, 5.41) is 7.53. The van der Waals surface area contributed by atoms with Gasteiger partial charge in [-0.1, -0.05) is 32.9 Å². The van der Waals surface area contributed by atoms with Crippen LogP contribution < -0.4 is 5.32 Å². The van der Waals surface area contributed by atoms with Crippen molar-refractivity contribution in [1.82, 2.24) is 15.1 Å². The van der Waals surface area contributed by atoms with Crippen molar-refractivity contribution in [1.29, 1.82) is 0 Å². The van der Waals surface area contributed by atoms with E-state index in [1.54, 1.807) is 12.3 Å². The first kappa shape index (κ1) is 14.7. The number of halogens is 1. The van der Waals surface area contributed by atoms with Gasteiger partial charge in [-0.2, -0.15) is 5.10 Å². The Morgan fingerprint density at radius 3 is 2.80 bits per heavy atom. The van der Waals surface area contributed by atoms with Gasteiger partial charge in [0, 0.05) is 36.5 Å². The maximum Gasteiger partial charge on any atom is 0.131 e. The molecule has 1 aromatic heterocycles. The number of aryl methyl sites for hydroxylation is 1. The van der Waals surface area contributed by atoms with Crippen LogP contribution in [0.2, 0.25) is 0 Å². The molecule has 0 fully saturated rings. The molecule has 2 aromatic rings. The number of nitrogens with zero attached hydrogens (tertiary/aromatic N) is 2. The van der Waals surface area contributed by atoms with E-state index in [2.05, 4.69) is 31.2 Å². The van der Waals surface area contributed by atoms with Crippen molar-refractivity contribution in [2.24, 2.45) is 0 Å².